The first-order chi connectivity index (χ1) is 6.77. The highest BCUT2D eigenvalue weighted by Crippen LogP contribution is 2.26. The summed E-state index contributed by atoms with van der Waals surface area (Å²) in [7, 11) is 5.48. The Balaban J connectivity index is 2.77. The van der Waals surface area contributed by atoms with E-state index >= 15 is 0 Å². The number of aromatic nitrogens is 2. The summed E-state index contributed by atoms with van der Waals surface area (Å²) >= 11 is 0. The van der Waals surface area contributed by atoms with Crippen LogP contribution in [0.3, 0.4) is 0 Å². The lowest BCUT2D eigenvalue weighted by molar-refractivity contribution is 0.419. The zero-order chi connectivity index (χ0) is 10.1. The number of aryl methyl sites for hydroxylation is 1. The molecule has 4 nitrogen and oxygen atoms in total. The molecule has 1 N–H and O–H groups in total. The standard InChI is InChI=1S/C10H13N3O/c1-11-10-12-9-7(13(10)2)5-4-6-8(9)14-3/h4-6H,1-3H3,(H,11,12). The van der Waals surface area contributed by atoms with Gasteiger partial charge in [-0.2, -0.15) is 0 Å². The first-order valence-electron chi connectivity index (χ1n) is 4.45. The molecule has 0 radical (unpaired) electrons. The minimum Gasteiger partial charge on any atom is -0.494 e. The van der Waals surface area contributed by atoms with Crippen molar-refractivity contribution < 1.29 is 4.74 Å². The van der Waals surface area contributed by atoms with Gasteiger partial charge in [-0.25, -0.2) is 4.98 Å². The van der Waals surface area contributed by atoms with Gasteiger partial charge in [-0.1, -0.05) is 6.07 Å². The van der Waals surface area contributed by atoms with Gasteiger partial charge in [0.25, 0.3) is 0 Å². The van der Waals surface area contributed by atoms with Gasteiger partial charge in [0.15, 0.2) is 0 Å². The lowest BCUT2D eigenvalue weighted by atomic mass is 10.3. The SMILES string of the molecule is CNc1nc2c(OC)cccc2n1C. The molecule has 0 unspecified atom stereocenters. The van der Waals surface area contributed by atoms with Crippen LogP contribution in [0, 0.1) is 0 Å². The minimum absolute atomic E-state index is 0.805. The molecule has 0 atom stereocenters. The summed E-state index contributed by atoms with van der Waals surface area (Å²) in [5.74, 6) is 1.64. The van der Waals surface area contributed by atoms with E-state index < -0.39 is 0 Å². The summed E-state index contributed by atoms with van der Waals surface area (Å²) in [5.41, 5.74) is 1.95. The van der Waals surface area contributed by atoms with E-state index in [0.29, 0.717) is 0 Å². The van der Waals surface area contributed by atoms with Gasteiger partial charge in [0.1, 0.15) is 11.3 Å². The van der Waals surface area contributed by atoms with Gasteiger partial charge >= 0.3 is 0 Å². The maximum Gasteiger partial charge on any atom is 0.203 e. The monoisotopic (exact) mass is 191 g/mol. The van der Waals surface area contributed by atoms with Crippen molar-refractivity contribution in [1.29, 1.82) is 0 Å². The van der Waals surface area contributed by atoms with Crippen LogP contribution in [0.1, 0.15) is 0 Å². The molecule has 0 spiro atoms. The fraction of sp³-hybridized carbons (Fsp3) is 0.300. The van der Waals surface area contributed by atoms with E-state index in [0.717, 1.165) is 22.7 Å². The zero-order valence-corrected chi connectivity index (χ0v) is 8.53. The number of rotatable bonds is 2. The lowest BCUT2D eigenvalue weighted by Gasteiger charge is -2.00. The van der Waals surface area contributed by atoms with E-state index in [-0.39, 0.29) is 0 Å². The van der Waals surface area contributed by atoms with E-state index in [9.17, 15) is 0 Å². The van der Waals surface area contributed by atoms with Crippen LogP contribution < -0.4 is 10.1 Å². The van der Waals surface area contributed by atoms with Gasteiger partial charge in [0.2, 0.25) is 5.95 Å². The molecule has 0 fully saturated rings. The predicted octanol–water partition coefficient (Wildman–Crippen LogP) is 1.62. The number of imidazole rings is 1. The molecule has 1 heterocycles. The minimum atomic E-state index is 0.805. The molecule has 2 rings (SSSR count). The molecule has 0 bridgehead atoms. The molecule has 74 valence electrons. The van der Waals surface area contributed by atoms with Gasteiger partial charge in [-0.05, 0) is 12.1 Å². The van der Waals surface area contributed by atoms with Crippen molar-refractivity contribution in [1.82, 2.24) is 9.55 Å². The number of anilines is 1. The fourth-order valence-electron chi connectivity index (χ4n) is 1.58. The first-order valence-corrected chi connectivity index (χ1v) is 4.45. The van der Waals surface area contributed by atoms with E-state index in [1.54, 1.807) is 7.11 Å². The fourth-order valence-corrected chi connectivity index (χ4v) is 1.58. The molecule has 4 heteroatoms. The largest absolute Gasteiger partial charge is 0.494 e. The average molecular weight is 191 g/mol. The number of hydrogen-bond acceptors (Lipinski definition) is 3. The van der Waals surface area contributed by atoms with Gasteiger partial charge in [0, 0.05) is 14.1 Å². The summed E-state index contributed by atoms with van der Waals surface area (Å²) in [6.07, 6.45) is 0. The molecule has 0 saturated carbocycles. The third-order valence-corrected chi connectivity index (χ3v) is 2.32. The summed E-state index contributed by atoms with van der Waals surface area (Å²) in [4.78, 5) is 4.43. The quantitative estimate of drug-likeness (QED) is 0.784. The lowest BCUT2D eigenvalue weighted by Crippen LogP contribution is -1.97. The van der Waals surface area contributed by atoms with E-state index in [2.05, 4.69) is 10.3 Å². The van der Waals surface area contributed by atoms with E-state index in [1.165, 1.54) is 0 Å². The van der Waals surface area contributed by atoms with Crippen LogP contribution in [0.15, 0.2) is 18.2 Å². The molecule has 14 heavy (non-hydrogen) atoms. The third kappa shape index (κ3) is 1.11. The first kappa shape index (κ1) is 8.87. The van der Waals surface area contributed by atoms with Crippen molar-refractivity contribution in [2.24, 2.45) is 7.05 Å². The Morgan fingerprint density at radius 2 is 2.21 bits per heavy atom. The normalized spacial score (nSPS) is 10.5. The highest BCUT2D eigenvalue weighted by Gasteiger charge is 2.09. The second kappa shape index (κ2) is 3.21. The smallest absolute Gasteiger partial charge is 0.203 e. The molecule has 0 aliphatic rings. The van der Waals surface area contributed by atoms with Crippen molar-refractivity contribution in [2.75, 3.05) is 19.5 Å². The van der Waals surface area contributed by atoms with E-state index in [4.69, 9.17) is 4.74 Å². The number of nitrogens with zero attached hydrogens (tertiary/aromatic N) is 2. The Bertz CT molecular complexity index is 462. The van der Waals surface area contributed by atoms with Crippen molar-refractivity contribution in [3.63, 3.8) is 0 Å². The van der Waals surface area contributed by atoms with E-state index in [1.807, 2.05) is 36.9 Å². The number of methoxy groups -OCH3 is 1. The average Bonchev–Trinajstić information content (AvgIpc) is 2.55. The van der Waals surface area contributed by atoms with Crippen molar-refractivity contribution in [2.45, 2.75) is 0 Å². The molecule has 0 saturated heterocycles. The highest BCUT2D eigenvalue weighted by molar-refractivity contribution is 5.84. The number of hydrogen-bond donors (Lipinski definition) is 1. The van der Waals surface area contributed by atoms with Gasteiger partial charge in [0.05, 0.1) is 12.6 Å². The second-order valence-electron chi connectivity index (χ2n) is 3.07. The third-order valence-electron chi connectivity index (χ3n) is 2.32. The predicted molar refractivity (Wildman–Crippen MR) is 56.8 cm³/mol. The van der Waals surface area contributed by atoms with Crippen LogP contribution in [0.2, 0.25) is 0 Å². The maximum atomic E-state index is 5.24. The molecular weight excluding hydrogens is 178 g/mol. The van der Waals surface area contributed by atoms with Crippen LogP contribution in [0.25, 0.3) is 11.0 Å². The van der Waals surface area contributed by atoms with Gasteiger partial charge in [-0.3, -0.25) is 0 Å². The van der Waals surface area contributed by atoms with Gasteiger partial charge in [-0.15, -0.1) is 0 Å². The number of benzene rings is 1. The summed E-state index contributed by atoms with van der Waals surface area (Å²) in [6.45, 7) is 0. The summed E-state index contributed by atoms with van der Waals surface area (Å²) in [5, 5.41) is 3.03. The number of nitrogens with one attached hydrogen (secondary N) is 1. The van der Waals surface area contributed by atoms with Crippen molar-refractivity contribution in [3.05, 3.63) is 18.2 Å². The molecular formula is C10H13N3O. The molecule has 1 aromatic heterocycles. The second-order valence-corrected chi connectivity index (χ2v) is 3.07. The van der Waals surface area contributed by atoms with Crippen LogP contribution in [0.4, 0.5) is 5.95 Å². The number of ether oxygens (including phenoxy) is 1. The Kier molecular flexibility index (Phi) is 2.04. The molecule has 0 amide bonds. The highest BCUT2D eigenvalue weighted by atomic mass is 16.5. The molecule has 0 aliphatic heterocycles. The zero-order valence-electron chi connectivity index (χ0n) is 8.53. The summed E-state index contributed by atoms with van der Waals surface area (Å²) in [6, 6.07) is 5.89. The van der Waals surface area contributed by atoms with Crippen LogP contribution in [-0.4, -0.2) is 23.7 Å². The van der Waals surface area contributed by atoms with Crippen LogP contribution in [0.5, 0.6) is 5.75 Å². The Hall–Kier alpha value is -1.71. The van der Waals surface area contributed by atoms with Crippen LogP contribution in [-0.2, 0) is 7.05 Å². The van der Waals surface area contributed by atoms with Crippen molar-refractivity contribution >= 4 is 17.0 Å². The Labute approximate surface area is 82.5 Å². The maximum absolute atomic E-state index is 5.24. The number of para-hydroxylation sites is 1. The van der Waals surface area contributed by atoms with Crippen LogP contribution >= 0.6 is 0 Å². The molecule has 0 aliphatic carbocycles. The van der Waals surface area contributed by atoms with Crippen molar-refractivity contribution in [3.8, 4) is 5.75 Å². The molecule has 2 aromatic rings. The number of fused-ring (bicyclic) bond motifs is 1. The Morgan fingerprint density at radius 3 is 2.86 bits per heavy atom. The Morgan fingerprint density at radius 1 is 1.43 bits per heavy atom. The topological polar surface area (TPSA) is 39.1 Å². The van der Waals surface area contributed by atoms with Gasteiger partial charge < -0.3 is 14.6 Å². The summed E-state index contributed by atoms with van der Waals surface area (Å²) < 4.78 is 7.23. The molecule has 1 aromatic carbocycles.